The smallest absolute Gasteiger partial charge is 0.276 e. The van der Waals surface area contributed by atoms with Gasteiger partial charge in [0, 0.05) is 30.8 Å². The zero-order valence-electron chi connectivity index (χ0n) is 12.6. The normalized spacial score (nSPS) is 28.3. The molecule has 7 heteroatoms. The Labute approximate surface area is 128 Å². The maximum Gasteiger partial charge on any atom is 0.276 e. The Balaban J connectivity index is 2.11. The van der Waals surface area contributed by atoms with E-state index in [2.05, 4.69) is 12.2 Å². The lowest BCUT2D eigenvalue weighted by molar-refractivity contribution is -0.385. The second kappa shape index (κ2) is 5.03. The number of nitro benzene ring substituents is 1. The second-order valence-electron chi connectivity index (χ2n) is 6.26. The highest BCUT2D eigenvalue weighted by Gasteiger charge is 2.52. The molecule has 0 unspecified atom stereocenters. The first-order valence-electron chi connectivity index (χ1n) is 7.42. The Hall–Kier alpha value is -1.99. The largest absolute Gasteiger partial charge is 0.364 e. The minimum Gasteiger partial charge on any atom is -0.364 e. The lowest BCUT2D eigenvalue weighted by Crippen LogP contribution is -2.54. The van der Waals surface area contributed by atoms with Crippen LogP contribution in [0.3, 0.4) is 0 Å². The number of aryl methyl sites for hydroxylation is 1. The van der Waals surface area contributed by atoms with Crippen molar-refractivity contribution in [2.75, 3.05) is 18.4 Å². The van der Waals surface area contributed by atoms with Crippen molar-refractivity contribution in [2.45, 2.75) is 32.4 Å². The highest BCUT2D eigenvalue weighted by molar-refractivity contribution is 6.05. The number of rotatable bonds is 2. The molecule has 1 fully saturated rings. The van der Waals surface area contributed by atoms with Crippen molar-refractivity contribution in [3.05, 3.63) is 33.4 Å². The van der Waals surface area contributed by atoms with E-state index >= 15 is 0 Å². The van der Waals surface area contributed by atoms with Gasteiger partial charge in [-0.1, -0.05) is 6.92 Å². The average Bonchev–Trinajstić information content (AvgIpc) is 2.73. The molecule has 2 aliphatic heterocycles. The van der Waals surface area contributed by atoms with Crippen molar-refractivity contribution >= 4 is 17.3 Å². The summed E-state index contributed by atoms with van der Waals surface area (Å²) in [6, 6.07) is 2.71. The Morgan fingerprint density at radius 2 is 2.23 bits per heavy atom. The summed E-state index contributed by atoms with van der Waals surface area (Å²) in [4.78, 5) is 24.7. The summed E-state index contributed by atoms with van der Waals surface area (Å²) in [5.74, 6) is -0.158. The Morgan fingerprint density at radius 1 is 1.50 bits per heavy atom. The van der Waals surface area contributed by atoms with Crippen molar-refractivity contribution in [3.8, 4) is 0 Å². The number of hydrogen-bond acceptors (Lipinski definition) is 5. The minimum absolute atomic E-state index is 0.115. The van der Waals surface area contributed by atoms with Gasteiger partial charge in [0.25, 0.3) is 11.6 Å². The van der Waals surface area contributed by atoms with E-state index in [1.807, 2.05) is 0 Å². The lowest BCUT2D eigenvalue weighted by Gasteiger charge is -2.39. The number of piperidine rings is 1. The van der Waals surface area contributed by atoms with Crippen LogP contribution in [-0.2, 0) is 10.5 Å². The minimum atomic E-state index is -1.82. The van der Waals surface area contributed by atoms with Crippen LogP contribution in [0.25, 0.3) is 0 Å². The van der Waals surface area contributed by atoms with E-state index in [0.717, 1.165) is 12.8 Å². The Morgan fingerprint density at radius 3 is 2.86 bits per heavy atom. The highest BCUT2D eigenvalue weighted by Crippen LogP contribution is 2.43. The molecule has 2 heterocycles. The van der Waals surface area contributed by atoms with E-state index in [1.54, 1.807) is 11.8 Å². The Bertz CT molecular complexity index is 660. The third-order valence-corrected chi connectivity index (χ3v) is 4.58. The van der Waals surface area contributed by atoms with Crippen LogP contribution in [0.4, 0.5) is 11.4 Å². The molecule has 1 amide bonds. The van der Waals surface area contributed by atoms with Gasteiger partial charge in [0.2, 0.25) is 5.72 Å². The fourth-order valence-corrected chi connectivity index (χ4v) is 3.43. The van der Waals surface area contributed by atoms with Crippen LogP contribution in [0.2, 0.25) is 0 Å². The van der Waals surface area contributed by atoms with E-state index in [4.69, 9.17) is 0 Å². The van der Waals surface area contributed by atoms with Gasteiger partial charge < -0.3 is 10.4 Å². The summed E-state index contributed by atoms with van der Waals surface area (Å²) in [7, 11) is 0. The molecule has 0 aliphatic carbocycles. The van der Waals surface area contributed by atoms with Crippen LogP contribution in [0, 0.1) is 23.0 Å². The number of benzene rings is 1. The van der Waals surface area contributed by atoms with Gasteiger partial charge in [0.15, 0.2) is 0 Å². The van der Waals surface area contributed by atoms with E-state index in [-0.39, 0.29) is 5.69 Å². The predicted molar refractivity (Wildman–Crippen MR) is 80.3 cm³/mol. The number of nitro groups is 1. The number of nitrogens with one attached hydrogen (secondary N) is 1. The van der Waals surface area contributed by atoms with Gasteiger partial charge in [-0.05, 0) is 31.2 Å². The zero-order chi connectivity index (χ0) is 16.1. The zero-order valence-corrected chi connectivity index (χ0v) is 12.6. The monoisotopic (exact) mass is 305 g/mol. The summed E-state index contributed by atoms with van der Waals surface area (Å²) in [5, 5.41) is 24.8. The van der Waals surface area contributed by atoms with Crippen molar-refractivity contribution < 1.29 is 14.8 Å². The van der Waals surface area contributed by atoms with Crippen LogP contribution >= 0.6 is 0 Å². The van der Waals surface area contributed by atoms with Gasteiger partial charge in [-0.15, -0.1) is 0 Å². The molecule has 3 rings (SSSR count). The molecule has 118 valence electrons. The summed E-state index contributed by atoms with van der Waals surface area (Å²) in [6.07, 6.45) is 1.94. The standard InChI is InChI=1S/C15H19N3O4/c1-9-4-3-5-17(8-9)15(20)12-7-11(18(21)22)6-10(2)13(12)16-14(15)19/h6-7,9,20H,3-5,8H2,1-2H3,(H,16,19)/t9-,15-/m0/s1. The molecule has 2 aliphatic rings. The number of anilines is 1. The summed E-state index contributed by atoms with van der Waals surface area (Å²) < 4.78 is 0. The average molecular weight is 305 g/mol. The van der Waals surface area contributed by atoms with E-state index in [1.165, 1.54) is 12.1 Å². The number of nitrogens with zero attached hydrogens (tertiary/aromatic N) is 2. The van der Waals surface area contributed by atoms with Crippen molar-refractivity contribution in [2.24, 2.45) is 5.92 Å². The van der Waals surface area contributed by atoms with Crippen molar-refractivity contribution in [1.29, 1.82) is 0 Å². The van der Waals surface area contributed by atoms with Crippen LogP contribution < -0.4 is 5.32 Å². The van der Waals surface area contributed by atoms with Crippen LogP contribution in [0.15, 0.2) is 12.1 Å². The van der Waals surface area contributed by atoms with Crippen molar-refractivity contribution in [1.82, 2.24) is 4.90 Å². The van der Waals surface area contributed by atoms with Gasteiger partial charge in [-0.25, -0.2) is 0 Å². The number of carbonyl (C=O) groups is 1. The van der Waals surface area contributed by atoms with E-state index in [0.29, 0.717) is 35.8 Å². The number of fused-ring (bicyclic) bond motifs is 1. The van der Waals surface area contributed by atoms with Gasteiger partial charge in [0.1, 0.15) is 0 Å². The summed E-state index contributed by atoms with van der Waals surface area (Å²) in [6.45, 7) is 4.94. The third kappa shape index (κ3) is 2.08. The van der Waals surface area contributed by atoms with Crippen LogP contribution in [0.1, 0.15) is 30.9 Å². The topological polar surface area (TPSA) is 95.7 Å². The molecule has 22 heavy (non-hydrogen) atoms. The molecule has 1 aromatic rings. The van der Waals surface area contributed by atoms with Crippen molar-refractivity contribution in [3.63, 3.8) is 0 Å². The SMILES string of the molecule is Cc1cc([N+](=O)[O-])cc2c1NC(=O)[C@]2(O)N1CCC[C@H](C)C1. The van der Waals surface area contributed by atoms with Crippen LogP contribution in [-0.4, -0.2) is 33.9 Å². The number of non-ortho nitro benzene ring substituents is 1. The second-order valence-corrected chi connectivity index (χ2v) is 6.26. The first-order chi connectivity index (χ1) is 10.3. The summed E-state index contributed by atoms with van der Waals surface area (Å²) >= 11 is 0. The van der Waals surface area contributed by atoms with Gasteiger partial charge in [0.05, 0.1) is 10.6 Å². The molecule has 0 radical (unpaired) electrons. The first kappa shape index (κ1) is 14.9. The lowest BCUT2D eigenvalue weighted by atomic mass is 9.93. The van der Waals surface area contributed by atoms with Gasteiger partial charge in [-0.3, -0.25) is 19.8 Å². The van der Waals surface area contributed by atoms with Gasteiger partial charge in [-0.2, -0.15) is 0 Å². The molecule has 0 saturated carbocycles. The van der Waals surface area contributed by atoms with E-state index in [9.17, 15) is 20.0 Å². The Kier molecular flexibility index (Phi) is 3.41. The van der Waals surface area contributed by atoms with E-state index < -0.39 is 16.6 Å². The molecule has 0 aromatic heterocycles. The van der Waals surface area contributed by atoms with Gasteiger partial charge >= 0.3 is 0 Å². The summed E-state index contributed by atoms with van der Waals surface area (Å²) in [5.41, 5.74) is -0.578. The third-order valence-electron chi connectivity index (χ3n) is 4.58. The first-order valence-corrected chi connectivity index (χ1v) is 7.42. The number of hydrogen-bond donors (Lipinski definition) is 2. The maximum absolute atomic E-state index is 12.4. The molecule has 7 nitrogen and oxygen atoms in total. The highest BCUT2D eigenvalue weighted by atomic mass is 16.6. The molecular weight excluding hydrogens is 286 g/mol. The molecule has 0 bridgehead atoms. The fourth-order valence-electron chi connectivity index (χ4n) is 3.43. The number of likely N-dealkylation sites (tertiary alicyclic amines) is 1. The molecular formula is C15H19N3O4. The number of carbonyl (C=O) groups excluding carboxylic acids is 1. The van der Waals surface area contributed by atoms with Crippen LogP contribution in [0.5, 0.6) is 0 Å². The maximum atomic E-state index is 12.4. The molecule has 2 atom stereocenters. The molecule has 1 saturated heterocycles. The fraction of sp³-hybridized carbons (Fsp3) is 0.533. The number of aliphatic hydroxyl groups is 1. The quantitative estimate of drug-likeness (QED) is 0.641. The molecule has 1 aromatic carbocycles. The molecule has 0 spiro atoms. The molecule has 2 N–H and O–H groups in total. The predicted octanol–water partition coefficient (Wildman–Crippen LogP) is 1.73. The number of amides is 1.